The van der Waals surface area contributed by atoms with Gasteiger partial charge in [0.15, 0.2) is 0 Å². The molecule has 0 saturated heterocycles. The summed E-state index contributed by atoms with van der Waals surface area (Å²) in [6.07, 6.45) is 1.30. The van der Waals surface area contributed by atoms with Gasteiger partial charge >= 0.3 is 0 Å². The van der Waals surface area contributed by atoms with Gasteiger partial charge in [-0.05, 0) is 48.9 Å². The molecule has 1 N–H and O–H groups in total. The molecule has 2 aromatic carbocycles. The Morgan fingerprint density at radius 3 is 2.39 bits per heavy atom. The van der Waals surface area contributed by atoms with Crippen molar-refractivity contribution in [2.24, 2.45) is 0 Å². The number of aryl methyl sites for hydroxylation is 1. The van der Waals surface area contributed by atoms with Crippen molar-refractivity contribution in [2.45, 2.75) is 12.8 Å². The Morgan fingerprint density at radius 2 is 1.79 bits per heavy atom. The highest BCUT2D eigenvalue weighted by atomic mass is 79.9. The van der Waals surface area contributed by atoms with Crippen molar-refractivity contribution in [3.8, 4) is 16.9 Å². The predicted molar refractivity (Wildman–Crippen MR) is 113 cm³/mol. The summed E-state index contributed by atoms with van der Waals surface area (Å²) in [5, 5.41) is 5.28. The van der Waals surface area contributed by atoms with Crippen LogP contribution in [0, 0.1) is 0 Å². The molecule has 1 amide bonds. The zero-order valence-corrected chi connectivity index (χ0v) is 18.1. The summed E-state index contributed by atoms with van der Waals surface area (Å²) in [4.78, 5) is 11.9. The Bertz CT molecular complexity index is 1090. The second-order valence-corrected chi connectivity index (χ2v) is 9.31. The molecule has 0 unspecified atom stereocenters. The third kappa shape index (κ3) is 5.43. The number of nitrogens with one attached hydrogen (secondary N) is 1. The van der Waals surface area contributed by atoms with Crippen molar-refractivity contribution in [3.63, 3.8) is 0 Å². The molecule has 146 valence electrons. The van der Waals surface area contributed by atoms with Gasteiger partial charge in [-0.25, -0.2) is 13.1 Å². The minimum absolute atomic E-state index is 0.0200. The van der Waals surface area contributed by atoms with Gasteiger partial charge in [-0.15, -0.1) is 0 Å². The lowest BCUT2D eigenvalue weighted by molar-refractivity contribution is -0.119. The summed E-state index contributed by atoms with van der Waals surface area (Å²) in [7, 11) is -3.58. The van der Waals surface area contributed by atoms with Gasteiger partial charge < -0.3 is 0 Å². The number of hydrogen-bond acceptors (Lipinski definition) is 4. The first-order chi connectivity index (χ1) is 13.2. The Hall–Kier alpha value is -2.16. The van der Waals surface area contributed by atoms with E-state index in [4.69, 9.17) is 11.6 Å². The van der Waals surface area contributed by atoms with Crippen LogP contribution in [-0.4, -0.2) is 30.4 Å². The molecule has 0 bridgehead atoms. The zero-order valence-electron chi connectivity index (χ0n) is 14.9. The number of halogens is 2. The summed E-state index contributed by atoms with van der Waals surface area (Å²) in [5.74, 6) is -0.559. The summed E-state index contributed by atoms with van der Waals surface area (Å²) >= 11 is 9.39. The number of aromatic nitrogens is 2. The quantitative estimate of drug-likeness (QED) is 0.576. The fraction of sp³-hybridized carbons (Fsp3) is 0.158. The highest BCUT2D eigenvalue weighted by Crippen LogP contribution is 2.25. The van der Waals surface area contributed by atoms with Crippen LogP contribution in [0.1, 0.15) is 12.1 Å². The number of nitrogens with zero attached hydrogens (tertiary/aromatic N) is 2. The maximum atomic E-state index is 11.9. The first-order valence-corrected chi connectivity index (χ1v) is 11.4. The standard InChI is InChI=1S/C19H17BrClN3O3S/c1-28(26,27)23-19(25)11-10-17-12-18(13-2-4-14(20)5-3-13)22-24(17)16-8-6-15(21)7-9-16/h2-9,12H,10-11H2,1H3,(H,23,25). The van der Waals surface area contributed by atoms with Crippen molar-refractivity contribution >= 4 is 43.5 Å². The molecule has 0 atom stereocenters. The van der Waals surface area contributed by atoms with Crippen LogP contribution >= 0.6 is 27.5 Å². The minimum atomic E-state index is -3.58. The number of rotatable bonds is 6. The van der Waals surface area contributed by atoms with E-state index in [9.17, 15) is 13.2 Å². The number of carbonyl (C=O) groups excluding carboxylic acids is 1. The molecule has 0 radical (unpaired) electrons. The molecule has 0 aliphatic rings. The fourth-order valence-corrected chi connectivity index (χ4v) is 3.57. The smallest absolute Gasteiger partial charge is 0.233 e. The molecular weight excluding hydrogens is 466 g/mol. The Labute approximate surface area is 176 Å². The van der Waals surface area contributed by atoms with Gasteiger partial charge in [-0.1, -0.05) is 39.7 Å². The van der Waals surface area contributed by atoms with E-state index in [-0.39, 0.29) is 6.42 Å². The molecule has 1 heterocycles. The molecule has 1 aromatic heterocycles. The van der Waals surface area contributed by atoms with Crippen LogP contribution in [0.3, 0.4) is 0 Å². The minimum Gasteiger partial charge on any atom is -0.274 e. The monoisotopic (exact) mass is 481 g/mol. The maximum absolute atomic E-state index is 11.9. The SMILES string of the molecule is CS(=O)(=O)NC(=O)CCc1cc(-c2ccc(Br)cc2)nn1-c1ccc(Cl)cc1. The molecule has 3 aromatic rings. The Balaban J connectivity index is 1.93. The lowest BCUT2D eigenvalue weighted by Crippen LogP contribution is -2.29. The number of benzene rings is 2. The molecule has 28 heavy (non-hydrogen) atoms. The van der Waals surface area contributed by atoms with Crippen molar-refractivity contribution in [3.05, 3.63) is 69.8 Å². The predicted octanol–water partition coefficient (Wildman–Crippen LogP) is 3.96. The van der Waals surface area contributed by atoms with Crippen LogP contribution in [0.4, 0.5) is 0 Å². The van der Waals surface area contributed by atoms with Crippen LogP contribution in [-0.2, 0) is 21.2 Å². The van der Waals surface area contributed by atoms with Crippen LogP contribution in [0.15, 0.2) is 59.1 Å². The molecule has 3 rings (SSSR count). The molecule has 0 spiro atoms. The summed E-state index contributed by atoms with van der Waals surface area (Å²) in [6.45, 7) is 0. The molecule has 0 aliphatic heterocycles. The Morgan fingerprint density at radius 1 is 1.14 bits per heavy atom. The summed E-state index contributed by atoms with van der Waals surface area (Å²) in [6, 6.07) is 16.8. The van der Waals surface area contributed by atoms with Crippen molar-refractivity contribution in [2.75, 3.05) is 6.26 Å². The molecule has 6 nitrogen and oxygen atoms in total. The molecule has 0 aliphatic carbocycles. The van der Waals surface area contributed by atoms with Gasteiger partial charge in [0.05, 0.1) is 17.6 Å². The van der Waals surface area contributed by atoms with E-state index in [0.29, 0.717) is 11.4 Å². The molecule has 9 heteroatoms. The number of hydrogen-bond donors (Lipinski definition) is 1. The maximum Gasteiger partial charge on any atom is 0.233 e. The van der Waals surface area contributed by atoms with Gasteiger partial charge in [0.1, 0.15) is 0 Å². The largest absolute Gasteiger partial charge is 0.274 e. The van der Waals surface area contributed by atoms with E-state index in [0.717, 1.165) is 33.4 Å². The van der Waals surface area contributed by atoms with E-state index >= 15 is 0 Å². The average Bonchev–Trinajstić information content (AvgIpc) is 3.04. The van der Waals surface area contributed by atoms with E-state index in [1.807, 2.05) is 47.2 Å². The number of carbonyl (C=O) groups is 1. The van der Waals surface area contributed by atoms with E-state index in [1.54, 1.807) is 16.8 Å². The average molecular weight is 483 g/mol. The van der Waals surface area contributed by atoms with Crippen LogP contribution in [0.5, 0.6) is 0 Å². The summed E-state index contributed by atoms with van der Waals surface area (Å²) in [5.41, 5.74) is 3.26. The third-order valence-corrected chi connectivity index (χ3v) is 5.28. The Kier molecular flexibility index (Phi) is 6.22. The summed E-state index contributed by atoms with van der Waals surface area (Å²) < 4.78 is 27.1. The van der Waals surface area contributed by atoms with Gasteiger partial charge in [0.25, 0.3) is 0 Å². The fourth-order valence-electron chi connectivity index (χ4n) is 2.66. The van der Waals surface area contributed by atoms with Crippen LogP contribution in [0.25, 0.3) is 16.9 Å². The van der Waals surface area contributed by atoms with E-state index in [2.05, 4.69) is 21.0 Å². The highest BCUT2D eigenvalue weighted by Gasteiger charge is 2.14. The highest BCUT2D eigenvalue weighted by molar-refractivity contribution is 9.10. The van der Waals surface area contributed by atoms with Crippen molar-refractivity contribution in [1.29, 1.82) is 0 Å². The van der Waals surface area contributed by atoms with Gasteiger partial charge in [0.2, 0.25) is 15.9 Å². The van der Waals surface area contributed by atoms with Crippen molar-refractivity contribution in [1.82, 2.24) is 14.5 Å². The topological polar surface area (TPSA) is 81.1 Å². The number of sulfonamides is 1. The second kappa shape index (κ2) is 8.46. The first kappa shape index (κ1) is 20.6. The second-order valence-electron chi connectivity index (χ2n) is 6.21. The first-order valence-electron chi connectivity index (χ1n) is 8.33. The molecule has 0 saturated carbocycles. The normalized spacial score (nSPS) is 11.4. The van der Waals surface area contributed by atoms with E-state index < -0.39 is 15.9 Å². The number of amides is 1. The third-order valence-electron chi connectivity index (χ3n) is 3.90. The van der Waals surface area contributed by atoms with Gasteiger partial charge in [-0.2, -0.15) is 5.10 Å². The van der Waals surface area contributed by atoms with Crippen molar-refractivity contribution < 1.29 is 13.2 Å². The van der Waals surface area contributed by atoms with Crippen LogP contribution < -0.4 is 4.72 Å². The van der Waals surface area contributed by atoms with E-state index in [1.165, 1.54) is 0 Å². The molecular formula is C19H17BrClN3O3S. The van der Waals surface area contributed by atoms with Gasteiger partial charge in [0, 0.05) is 27.2 Å². The van der Waals surface area contributed by atoms with Crippen LogP contribution in [0.2, 0.25) is 5.02 Å². The zero-order chi connectivity index (χ0) is 20.3. The van der Waals surface area contributed by atoms with Gasteiger partial charge in [-0.3, -0.25) is 9.52 Å². The lowest BCUT2D eigenvalue weighted by Gasteiger charge is -2.07. The lowest BCUT2D eigenvalue weighted by atomic mass is 10.1. The molecule has 0 fully saturated rings.